The number of para-hydroxylation sites is 1. The first-order chi connectivity index (χ1) is 19.6. The summed E-state index contributed by atoms with van der Waals surface area (Å²) >= 11 is 8.09. The molecule has 2 aliphatic rings. The van der Waals surface area contributed by atoms with Crippen molar-refractivity contribution in [3.8, 4) is 11.1 Å². The van der Waals surface area contributed by atoms with Crippen LogP contribution in [-0.4, -0.2) is 56.5 Å². The summed E-state index contributed by atoms with van der Waals surface area (Å²) in [5.41, 5.74) is 3.66. The average Bonchev–Trinajstić information content (AvgIpc) is 3.78. The van der Waals surface area contributed by atoms with E-state index in [1.165, 1.54) is 16.0 Å². The Bertz CT molecular complexity index is 1710. The average molecular weight is 578 g/mol. The van der Waals surface area contributed by atoms with Crippen LogP contribution in [0, 0.1) is 5.82 Å². The Balaban J connectivity index is 1.34. The molecule has 0 saturated carbocycles. The number of amides is 1. The number of fused-ring (bicyclic) bond motifs is 2. The largest absolute Gasteiger partial charge is 0.378 e. The molecule has 0 bridgehead atoms. The SMILES string of the molecule is O=C(Nc1nccs1)C(c1ncn2c1CCC2)n1cc2c(Cl)cc(-c3ccccc3N3CCOCC3)c(F)c2n1. The number of rotatable bonds is 6. The molecule has 9 nitrogen and oxygen atoms in total. The van der Waals surface area contributed by atoms with Gasteiger partial charge in [0.1, 0.15) is 5.52 Å². The molecule has 0 radical (unpaired) electrons. The molecule has 7 rings (SSSR count). The van der Waals surface area contributed by atoms with Crippen molar-refractivity contribution in [2.24, 2.45) is 0 Å². The molecule has 12 heteroatoms. The minimum Gasteiger partial charge on any atom is -0.378 e. The molecule has 2 aliphatic heterocycles. The molecule has 1 saturated heterocycles. The Labute approximate surface area is 238 Å². The topological polar surface area (TPSA) is 90.1 Å². The van der Waals surface area contributed by atoms with E-state index in [-0.39, 0.29) is 11.4 Å². The van der Waals surface area contributed by atoms with E-state index in [1.807, 2.05) is 24.3 Å². The van der Waals surface area contributed by atoms with Gasteiger partial charge in [0.2, 0.25) is 0 Å². The van der Waals surface area contributed by atoms with Gasteiger partial charge in [0.05, 0.1) is 30.3 Å². The van der Waals surface area contributed by atoms with Gasteiger partial charge in [-0.2, -0.15) is 5.10 Å². The fraction of sp³-hybridized carbons (Fsp3) is 0.286. The first-order valence-electron chi connectivity index (χ1n) is 13.1. The number of aromatic nitrogens is 5. The molecule has 1 atom stereocenters. The molecule has 1 amide bonds. The lowest BCUT2D eigenvalue weighted by Gasteiger charge is -2.30. The van der Waals surface area contributed by atoms with Gasteiger partial charge in [-0.25, -0.2) is 14.4 Å². The zero-order valence-electron chi connectivity index (χ0n) is 21.4. The van der Waals surface area contributed by atoms with Crippen LogP contribution in [0.25, 0.3) is 22.0 Å². The molecule has 1 fully saturated rings. The van der Waals surface area contributed by atoms with E-state index in [4.69, 9.17) is 16.3 Å². The number of hydrogen-bond acceptors (Lipinski definition) is 7. The monoisotopic (exact) mass is 577 g/mol. The zero-order chi connectivity index (χ0) is 27.2. The van der Waals surface area contributed by atoms with Crippen LogP contribution in [0.5, 0.6) is 0 Å². The van der Waals surface area contributed by atoms with Crippen molar-refractivity contribution in [1.82, 2.24) is 24.3 Å². The number of ether oxygens (including phenoxy) is 1. The van der Waals surface area contributed by atoms with Gasteiger partial charge in [0, 0.05) is 65.3 Å². The normalized spacial score (nSPS) is 15.9. The first kappa shape index (κ1) is 25.2. The van der Waals surface area contributed by atoms with Gasteiger partial charge in [-0.1, -0.05) is 29.8 Å². The number of nitrogens with one attached hydrogen (secondary N) is 1. The van der Waals surface area contributed by atoms with Gasteiger partial charge in [-0.05, 0) is 25.0 Å². The lowest BCUT2D eigenvalue weighted by atomic mass is 10.0. The van der Waals surface area contributed by atoms with Crippen molar-refractivity contribution in [3.63, 3.8) is 0 Å². The van der Waals surface area contributed by atoms with E-state index in [9.17, 15) is 4.79 Å². The van der Waals surface area contributed by atoms with Gasteiger partial charge >= 0.3 is 0 Å². The summed E-state index contributed by atoms with van der Waals surface area (Å²) < 4.78 is 25.4. The number of benzene rings is 2. The Kier molecular flexibility index (Phi) is 6.49. The maximum atomic E-state index is 16.3. The van der Waals surface area contributed by atoms with Crippen LogP contribution < -0.4 is 10.2 Å². The predicted molar refractivity (Wildman–Crippen MR) is 153 cm³/mol. The van der Waals surface area contributed by atoms with Crippen LogP contribution in [0.4, 0.5) is 15.2 Å². The highest BCUT2D eigenvalue weighted by Crippen LogP contribution is 2.39. The summed E-state index contributed by atoms with van der Waals surface area (Å²) in [6.45, 7) is 3.51. The Hall–Kier alpha value is -3.80. The minimum absolute atomic E-state index is 0.0992. The number of halogens is 2. The number of aryl methyl sites for hydroxylation is 1. The number of thiazole rings is 1. The van der Waals surface area contributed by atoms with Crippen LogP contribution in [0.1, 0.15) is 23.9 Å². The Morgan fingerprint density at radius 3 is 2.83 bits per heavy atom. The van der Waals surface area contributed by atoms with E-state index in [1.54, 1.807) is 30.2 Å². The van der Waals surface area contributed by atoms with E-state index in [0.717, 1.165) is 36.3 Å². The van der Waals surface area contributed by atoms with E-state index in [2.05, 4.69) is 29.9 Å². The smallest absolute Gasteiger partial charge is 0.257 e. The highest BCUT2D eigenvalue weighted by molar-refractivity contribution is 7.13. The van der Waals surface area contributed by atoms with Crippen LogP contribution in [-0.2, 0) is 22.5 Å². The summed E-state index contributed by atoms with van der Waals surface area (Å²) in [6.07, 6.45) is 6.77. The van der Waals surface area contributed by atoms with Gasteiger partial charge < -0.3 is 14.2 Å². The van der Waals surface area contributed by atoms with Crippen LogP contribution in [0.2, 0.25) is 5.02 Å². The fourth-order valence-corrected chi connectivity index (χ4v) is 6.37. The minimum atomic E-state index is -0.926. The van der Waals surface area contributed by atoms with Gasteiger partial charge in [-0.3, -0.25) is 14.8 Å². The van der Waals surface area contributed by atoms with Crippen molar-refractivity contribution >= 4 is 50.6 Å². The number of imidazole rings is 1. The standard InChI is InChI=1S/C28H25ClFN7O2S/c29-20-14-18(17-4-1-2-5-21(17)35-9-11-39-12-10-35)23(30)24-19(20)15-37(34-24)26(27(38)33-28-31-7-13-40-28)25-22-6-3-8-36(22)16-32-25/h1-2,4-5,7,13-16,26H,3,6,8-12H2,(H,31,33,38). The number of hydrogen-bond donors (Lipinski definition) is 1. The second-order valence-electron chi connectivity index (χ2n) is 9.81. The summed E-state index contributed by atoms with van der Waals surface area (Å²) in [6, 6.07) is 8.41. The molecule has 5 heterocycles. The van der Waals surface area contributed by atoms with Crippen molar-refractivity contribution in [1.29, 1.82) is 0 Å². The maximum Gasteiger partial charge on any atom is 0.257 e. The molecule has 0 aliphatic carbocycles. The fourth-order valence-electron chi connectivity index (χ4n) is 5.59. The summed E-state index contributed by atoms with van der Waals surface area (Å²) in [7, 11) is 0. The molecular weight excluding hydrogens is 553 g/mol. The molecular formula is C28H25ClFN7O2S. The van der Waals surface area contributed by atoms with Crippen LogP contribution in [0.3, 0.4) is 0 Å². The summed E-state index contributed by atoms with van der Waals surface area (Å²) in [4.78, 5) is 24.6. The number of morpholine rings is 1. The molecule has 2 aromatic carbocycles. The summed E-state index contributed by atoms with van der Waals surface area (Å²) in [5.74, 6) is -0.849. The van der Waals surface area contributed by atoms with Crippen molar-refractivity contribution in [2.75, 3.05) is 36.5 Å². The van der Waals surface area contributed by atoms with Crippen molar-refractivity contribution in [3.05, 3.63) is 76.7 Å². The van der Waals surface area contributed by atoms with Gasteiger partial charge in [0.15, 0.2) is 17.0 Å². The third-order valence-electron chi connectivity index (χ3n) is 7.48. The van der Waals surface area contributed by atoms with Crippen molar-refractivity contribution in [2.45, 2.75) is 25.4 Å². The molecule has 1 N–H and O–H groups in total. The highest BCUT2D eigenvalue weighted by atomic mass is 35.5. The molecule has 5 aromatic rings. The number of carbonyl (C=O) groups is 1. The second kappa shape index (κ2) is 10.3. The van der Waals surface area contributed by atoms with E-state index >= 15 is 4.39 Å². The second-order valence-corrected chi connectivity index (χ2v) is 11.1. The third-order valence-corrected chi connectivity index (χ3v) is 8.48. The maximum absolute atomic E-state index is 16.3. The van der Waals surface area contributed by atoms with Gasteiger partial charge in [-0.15, -0.1) is 11.3 Å². The van der Waals surface area contributed by atoms with Crippen molar-refractivity contribution < 1.29 is 13.9 Å². The summed E-state index contributed by atoms with van der Waals surface area (Å²) in [5, 5.41) is 10.5. The molecule has 204 valence electrons. The first-order valence-corrected chi connectivity index (χ1v) is 14.4. The van der Waals surface area contributed by atoms with E-state index < -0.39 is 11.9 Å². The highest BCUT2D eigenvalue weighted by Gasteiger charge is 2.32. The molecule has 3 aromatic heterocycles. The van der Waals surface area contributed by atoms with Crippen LogP contribution >= 0.6 is 22.9 Å². The molecule has 40 heavy (non-hydrogen) atoms. The third kappa shape index (κ3) is 4.34. The zero-order valence-corrected chi connectivity index (χ0v) is 23.0. The number of carbonyl (C=O) groups excluding carboxylic acids is 1. The predicted octanol–water partition coefficient (Wildman–Crippen LogP) is 5.16. The molecule has 0 spiro atoms. The van der Waals surface area contributed by atoms with Crippen LogP contribution in [0.15, 0.2) is 54.4 Å². The number of nitrogens with zero attached hydrogens (tertiary/aromatic N) is 6. The van der Waals surface area contributed by atoms with E-state index in [0.29, 0.717) is 53.1 Å². The van der Waals surface area contributed by atoms with Gasteiger partial charge in [0.25, 0.3) is 5.91 Å². The lowest BCUT2D eigenvalue weighted by Crippen LogP contribution is -2.36. The lowest BCUT2D eigenvalue weighted by molar-refractivity contribution is -0.118. The number of anilines is 2. The molecule has 1 unspecified atom stereocenters. The quantitative estimate of drug-likeness (QED) is 0.300. The Morgan fingerprint density at radius 2 is 2.00 bits per heavy atom. The Morgan fingerprint density at radius 1 is 1.15 bits per heavy atom.